The normalized spacial score (nSPS) is 30.9. The van der Waals surface area contributed by atoms with Gasteiger partial charge < -0.3 is 19.9 Å². The standard InChI is InChI=1S/C26H33N3O4/c30-14-20-19-13-28-21(12-11-18(26(28)33)15-5-1-2-6-15)22(19)29(25(32)16-7-3-8-16)23(20)24(31)27-17-9-4-10-17/h5,11-12,16-17,19-20,22-23,30H,1-4,6-10,13-14H2,(H,27,31)/t19-,20-,22+,23-/m1/s1. The minimum atomic E-state index is -0.667. The first-order valence-corrected chi connectivity index (χ1v) is 12.7. The smallest absolute Gasteiger partial charge is 0.258 e. The average molecular weight is 452 g/mol. The molecule has 0 spiro atoms. The van der Waals surface area contributed by atoms with E-state index in [1.54, 1.807) is 4.90 Å². The Labute approximate surface area is 193 Å². The second-order valence-corrected chi connectivity index (χ2v) is 10.6. The maximum atomic E-state index is 13.7. The summed E-state index contributed by atoms with van der Waals surface area (Å²) in [4.78, 5) is 42.3. The fourth-order valence-corrected chi connectivity index (χ4v) is 6.60. The largest absolute Gasteiger partial charge is 0.396 e. The zero-order chi connectivity index (χ0) is 22.7. The van der Waals surface area contributed by atoms with Gasteiger partial charge in [0.15, 0.2) is 0 Å². The number of aliphatic hydroxyl groups excluding tert-OH is 1. The summed E-state index contributed by atoms with van der Waals surface area (Å²) < 4.78 is 1.81. The second kappa shape index (κ2) is 8.12. The number of nitrogens with zero attached hydrogens (tertiary/aromatic N) is 2. The van der Waals surface area contributed by atoms with Gasteiger partial charge >= 0.3 is 0 Å². The number of carbonyl (C=O) groups excluding carboxylic acids is 2. The predicted octanol–water partition coefficient (Wildman–Crippen LogP) is 2.37. The summed E-state index contributed by atoms with van der Waals surface area (Å²) in [6.07, 6.45) is 11.0. The Balaban J connectivity index is 1.39. The molecule has 0 radical (unpaired) electrons. The molecule has 1 aromatic rings. The Morgan fingerprint density at radius 3 is 2.48 bits per heavy atom. The van der Waals surface area contributed by atoms with Gasteiger partial charge in [-0.2, -0.15) is 0 Å². The number of likely N-dealkylation sites (tertiary alicyclic amines) is 1. The van der Waals surface area contributed by atoms with Crippen molar-refractivity contribution < 1.29 is 14.7 Å². The SMILES string of the molecule is O=C(NC1CCC1)[C@H]1[C@H](CO)[C@H]2Cn3c(ccc(C4=CCCC4)c3=O)[C@H]2N1C(=O)C1CCC1. The molecule has 3 aliphatic carbocycles. The molecule has 2 saturated carbocycles. The number of amides is 2. The number of fused-ring (bicyclic) bond motifs is 3. The third-order valence-corrected chi connectivity index (χ3v) is 8.89. The number of pyridine rings is 1. The van der Waals surface area contributed by atoms with Gasteiger partial charge in [-0.3, -0.25) is 14.4 Å². The molecule has 6 rings (SSSR count). The summed E-state index contributed by atoms with van der Waals surface area (Å²) in [7, 11) is 0. The second-order valence-electron chi connectivity index (χ2n) is 10.6. The Bertz CT molecular complexity index is 1070. The predicted molar refractivity (Wildman–Crippen MR) is 123 cm³/mol. The number of aromatic nitrogens is 1. The van der Waals surface area contributed by atoms with Gasteiger partial charge in [0.05, 0.1) is 6.04 Å². The van der Waals surface area contributed by atoms with Crippen LogP contribution >= 0.6 is 0 Å². The van der Waals surface area contributed by atoms with E-state index < -0.39 is 6.04 Å². The van der Waals surface area contributed by atoms with Crippen molar-refractivity contribution in [2.75, 3.05) is 6.61 Å². The van der Waals surface area contributed by atoms with Crippen LogP contribution in [0.3, 0.4) is 0 Å². The van der Waals surface area contributed by atoms with E-state index in [9.17, 15) is 19.5 Å². The van der Waals surface area contributed by atoms with E-state index in [0.29, 0.717) is 6.54 Å². The van der Waals surface area contributed by atoms with Gasteiger partial charge in [-0.25, -0.2) is 0 Å². The van der Waals surface area contributed by atoms with Gasteiger partial charge in [-0.15, -0.1) is 0 Å². The highest BCUT2D eigenvalue weighted by atomic mass is 16.3. The van der Waals surface area contributed by atoms with Crippen molar-refractivity contribution in [3.05, 3.63) is 39.8 Å². The monoisotopic (exact) mass is 451 g/mol. The molecule has 7 heteroatoms. The molecule has 2 amide bonds. The molecule has 1 aromatic heterocycles. The quantitative estimate of drug-likeness (QED) is 0.719. The fourth-order valence-electron chi connectivity index (χ4n) is 6.60. The molecule has 33 heavy (non-hydrogen) atoms. The van der Waals surface area contributed by atoms with Crippen LogP contribution in [0.4, 0.5) is 0 Å². The third kappa shape index (κ3) is 3.22. The van der Waals surface area contributed by atoms with Crippen molar-refractivity contribution in [3.63, 3.8) is 0 Å². The van der Waals surface area contributed by atoms with Gasteiger partial charge in [-0.05, 0) is 69.1 Å². The highest BCUT2D eigenvalue weighted by Crippen LogP contribution is 2.51. The van der Waals surface area contributed by atoms with Gasteiger partial charge in [-0.1, -0.05) is 12.5 Å². The molecule has 5 aliphatic rings. The topological polar surface area (TPSA) is 91.6 Å². The maximum Gasteiger partial charge on any atom is 0.258 e. The molecule has 2 N–H and O–H groups in total. The van der Waals surface area contributed by atoms with Gasteiger partial charge in [0.1, 0.15) is 6.04 Å². The van der Waals surface area contributed by atoms with E-state index in [-0.39, 0.29) is 53.8 Å². The first-order valence-electron chi connectivity index (χ1n) is 12.7. The molecule has 4 atom stereocenters. The van der Waals surface area contributed by atoms with Crippen LogP contribution in [0.1, 0.15) is 75.1 Å². The summed E-state index contributed by atoms with van der Waals surface area (Å²) in [5.41, 5.74) is 2.69. The van der Waals surface area contributed by atoms with Crippen molar-refractivity contribution in [3.8, 4) is 0 Å². The highest BCUT2D eigenvalue weighted by Gasteiger charge is 2.58. The molecule has 3 heterocycles. The third-order valence-electron chi connectivity index (χ3n) is 8.89. The molecule has 0 bridgehead atoms. The zero-order valence-electron chi connectivity index (χ0n) is 19.0. The number of aliphatic hydroxyl groups is 1. The average Bonchev–Trinajstić information content (AvgIpc) is 3.44. The van der Waals surface area contributed by atoms with Crippen molar-refractivity contribution in [1.82, 2.24) is 14.8 Å². The Kier molecular flexibility index (Phi) is 5.20. The number of rotatable bonds is 5. The Hall–Kier alpha value is -2.41. The molecule has 176 valence electrons. The first kappa shape index (κ1) is 21.1. The Morgan fingerprint density at radius 2 is 1.88 bits per heavy atom. The van der Waals surface area contributed by atoms with Crippen LogP contribution in [-0.2, 0) is 16.1 Å². The Morgan fingerprint density at radius 1 is 1.09 bits per heavy atom. The van der Waals surface area contributed by atoms with E-state index in [1.807, 2.05) is 16.7 Å². The molecule has 7 nitrogen and oxygen atoms in total. The fraction of sp³-hybridized carbons (Fsp3) is 0.654. The van der Waals surface area contributed by atoms with Gasteiger partial charge in [0, 0.05) is 48.2 Å². The lowest BCUT2D eigenvalue weighted by Gasteiger charge is -2.37. The van der Waals surface area contributed by atoms with Crippen molar-refractivity contribution in [2.24, 2.45) is 17.8 Å². The molecular formula is C26H33N3O4. The van der Waals surface area contributed by atoms with Crippen LogP contribution in [0.25, 0.3) is 5.57 Å². The maximum absolute atomic E-state index is 13.7. The van der Waals surface area contributed by atoms with E-state index in [2.05, 4.69) is 11.4 Å². The van der Waals surface area contributed by atoms with Gasteiger partial charge in [0.25, 0.3) is 5.56 Å². The first-order chi connectivity index (χ1) is 16.1. The summed E-state index contributed by atoms with van der Waals surface area (Å²) in [6, 6.07) is 3.08. The summed E-state index contributed by atoms with van der Waals surface area (Å²) in [6.45, 7) is 0.284. The van der Waals surface area contributed by atoms with Crippen molar-refractivity contribution in [2.45, 2.75) is 82.5 Å². The lowest BCUT2D eigenvalue weighted by atomic mass is 9.83. The number of nitrogens with one attached hydrogen (secondary N) is 1. The molecule has 2 aliphatic heterocycles. The lowest BCUT2D eigenvalue weighted by molar-refractivity contribution is -0.147. The van der Waals surface area contributed by atoms with Crippen LogP contribution in [0.15, 0.2) is 23.0 Å². The van der Waals surface area contributed by atoms with Crippen LogP contribution in [-0.4, -0.2) is 45.1 Å². The van der Waals surface area contributed by atoms with Crippen LogP contribution in [0.5, 0.6) is 0 Å². The van der Waals surface area contributed by atoms with Crippen molar-refractivity contribution in [1.29, 1.82) is 0 Å². The van der Waals surface area contributed by atoms with Crippen LogP contribution < -0.4 is 10.9 Å². The minimum Gasteiger partial charge on any atom is -0.396 e. The molecule has 3 fully saturated rings. The van der Waals surface area contributed by atoms with Crippen LogP contribution in [0, 0.1) is 17.8 Å². The van der Waals surface area contributed by atoms with E-state index in [4.69, 9.17) is 0 Å². The van der Waals surface area contributed by atoms with E-state index in [1.165, 1.54) is 0 Å². The van der Waals surface area contributed by atoms with Crippen LogP contribution in [0.2, 0.25) is 0 Å². The molecule has 0 unspecified atom stereocenters. The van der Waals surface area contributed by atoms with Gasteiger partial charge in [0.2, 0.25) is 11.8 Å². The number of carbonyl (C=O) groups is 2. The minimum absolute atomic E-state index is 0.00162. The number of hydrogen-bond acceptors (Lipinski definition) is 4. The summed E-state index contributed by atoms with van der Waals surface area (Å²) >= 11 is 0. The molecule has 1 saturated heterocycles. The summed E-state index contributed by atoms with van der Waals surface area (Å²) in [5, 5.41) is 13.5. The van der Waals surface area contributed by atoms with E-state index >= 15 is 0 Å². The number of allylic oxidation sites excluding steroid dienone is 2. The summed E-state index contributed by atoms with van der Waals surface area (Å²) in [5.74, 6) is -0.665. The highest BCUT2D eigenvalue weighted by molar-refractivity contribution is 5.90. The molecule has 0 aromatic carbocycles. The molecular weight excluding hydrogens is 418 g/mol. The van der Waals surface area contributed by atoms with Crippen molar-refractivity contribution >= 4 is 17.4 Å². The van der Waals surface area contributed by atoms with E-state index in [0.717, 1.165) is 74.6 Å². The zero-order valence-corrected chi connectivity index (χ0v) is 19.0. The lowest BCUT2D eigenvalue weighted by Crippen LogP contribution is -2.55. The number of hydrogen-bond donors (Lipinski definition) is 2.